The third-order valence-corrected chi connectivity index (χ3v) is 5.32. The summed E-state index contributed by atoms with van der Waals surface area (Å²) in [5.41, 5.74) is 7.17. The van der Waals surface area contributed by atoms with E-state index >= 15 is 0 Å². The van der Waals surface area contributed by atoms with E-state index in [1.807, 2.05) is 30.3 Å². The number of benzene rings is 1. The number of amides is 2. The number of rotatable bonds is 13. The maximum atomic E-state index is 12.6. The molecule has 2 amide bonds. The van der Waals surface area contributed by atoms with E-state index in [0.29, 0.717) is 37.5 Å². The fourth-order valence-electron chi connectivity index (χ4n) is 3.30. The number of nitrogens with two attached hydrogens (primary N) is 1. The summed E-state index contributed by atoms with van der Waals surface area (Å²) in [6.07, 6.45) is 2.52. The highest BCUT2D eigenvalue weighted by Crippen LogP contribution is 2.17. The van der Waals surface area contributed by atoms with Crippen molar-refractivity contribution < 1.29 is 24.2 Å². The highest BCUT2D eigenvalue weighted by molar-refractivity contribution is 5.85. The summed E-state index contributed by atoms with van der Waals surface area (Å²) >= 11 is 0. The molecule has 202 valence electrons. The Morgan fingerprint density at radius 2 is 1.86 bits per heavy atom. The number of aliphatic hydroxyl groups is 1. The first-order valence-electron chi connectivity index (χ1n) is 11.8. The predicted molar refractivity (Wildman–Crippen MR) is 139 cm³/mol. The molecule has 0 aliphatic heterocycles. The summed E-state index contributed by atoms with van der Waals surface area (Å²) in [7, 11) is 0. The minimum Gasteiger partial charge on any atom is -0.445 e. The first-order chi connectivity index (χ1) is 17.3. The van der Waals surface area contributed by atoms with Gasteiger partial charge < -0.3 is 30.9 Å². The van der Waals surface area contributed by atoms with Crippen molar-refractivity contribution in [1.29, 1.82) is 0 Å². The van der Waals surface area contributed by atoms with Crippen molar-refractivity contribution in [2.24, 2.45) is 5.73 Å². The molecule has 0 saturated heterocycles. The molecule has 0 fully saturated rings. The van der Waals surface area contributed by atoms with Gasteiger partial charge >= 0.3 is 6.09 Å². The van der Waals surface area contributed by atoms with Crippen molar-refractivity contribution in [3.63, 3.8) is 0 Å². The number of alkyl carbamates (subject to hydrolysis) is 1. The molecule has 2 heterocycles. The van der Waals surface area contributed by atoms with Gasteiger partial charge in [0.25, 0.3) is 0 Å². The van der Waals surface area contributed by atoms with Crippen LogP contribution < -0.4 is 16.4 Å². The molecular formula is C26H38N6O5. The number of unbranched alkanes of at least 4 members (excludes halogenated alkanes) is 1. The minimum atomic E-state index is -1.08. The monoisotopic (exact) mass is 514 g/mol. The highest BCUT2D eigenvalue weighted by atomic mass is 16.5. The molecule has 1 atom stereocenters. The number of aromatic nitrogens is 3. The summed E-state index contributed by atoms with van der Waals surface area (Å²) in [6, 6.07) is 12.7. The van der Waals surface area contributed by atoms with Crippen LogP contribution in [-0.4, -0.2) is 57.0 Å². The molecule has 0 saturated carbocycles. The normalized spacial score (nSPS) is 12.0. The second-order valence-electron chi connectivity index (χ2n) is 9.00. The lowest BCUT2D eigenvalue weighted by molar-refractivity contribution is -0.126. The van der Waals surface area contributed by atoms with Crippen LogP contribution in [0, 0.1) is 0 Å². The summed E-state index contributed by atoms with van der Waals surface area (Å²) in [5, 5.41) is 22.9. The van der Waals surface area contributed by atoms with Crippen LogP contribution >= 0.6 is 0 Å². The number of ether oxygens (including phenoxy) is 2. The molecule has 0 spiro atoms. The summed E-state index contributed by atoms with van der Waals surface area (Å²) in [5.74, 6) is 0.146. The molecule has 5 N–H and O–H groups in total. The number of carbonyl (C=O) groups is 2. The standard InChI is InChI=1S/C25H34N6O5.CH4/c1-25(2,26)23(33)28-20(17-35-15-18-8-4-3-5-9-18)22-30-29-21-14-19(10-12-31(21)22)16-36-24(34)27-11-6-7-13-32;/h3-5,8-10,12,14,20,32H,6-7,11,13,15-17,26H2,1-2H3,(H,27,34)(H,28,33);1H4/t20-;/m1./s1. The van der Waals surface area contributed by atoms with Crippen LogP contribution in [-0.2, 0) is 27.5 Å². The van der Waals surface area contributed by atoms with Gasteiger partial charge in [0, 0.05) is 19.3 Å². The van der Waals surface area contributed by atoms with Crippen LogP contribution in [0.2, 0.25) is 0 Å². The Bertz CT molecular complexity index is 1130. The number of pyridine rings is 1. The molecule has 11 heteroatoms. The van der Waals surface area contributed by atoms with Gasteiger partial charge in [-0.25, -0.2) is 4.79 Å². The Hall–Kier alpha value is -3.54. The number of aliphatic hydroxyl groups excluding tert-OH is 1. The molecule has 37 heavy (non-hydrogen) atoms. The van der Waals surface area contributed by atoms with Gasteiger partial charge in [0.15, 0.2) is 11.5 Å². The molecule has 1 aromatic carbocycles. The largest absolute Gasteiger partial charge is 0.445 e. The smallest absolute Gasteiger partial charge is 0.407 e. The van der Waals surface area contributed by atoms with Crippen molar-refractivity contribution in [2.45, 2.75) is 58.9 Å². The van der Waals surface area contributed by atoms with Crippen molar-refractivity contribution in [3.8, 4) is 0 Å². The zero-order valence-electron chi connectivity index (χ0n) is 20.6. The van der Waals surface area contributed by atoms with E-state index in [4.69, 9.17) is 20.3 Å². The quantitative estimate of drug-likeness (QED) is 0.254. The van der Waals surface area contributed by atoms with E-state index < -0.39 is 17.7 Å². The number of fused-ring (bicyclic) bond motifs is 1. The van der Waals surface area contributed by atoms with E-state index in [1.54, 1.807) is 36.6 Å². The van der Waals surface area contributed by atoms with Crippen LogP contribution in [0.15, 0.2) is 48.7 Å². The Morgan fingerprint density at radius 1 is 1.11 bits per heavy atom. The van der Waals surface area contributed by atoms with E-state index in [0.717, 1.165) is 11.1 Å². The van der Waals surface area contributed by atoms with Gasteiger partial charge in [-0.3, -0.25) is 9.20 Å². The van der Waals surface area contributed by atoms with Gasteiger partial charge in [-0.2, -0.15) is 0 Å². The maximum absolute atomic E-state index is 12.6. The van der Waals surface area contributed by atoms with Crippen molar-refractivity contribution in [2.75, 3.05) is 19.8 Å². The summed E-state index contributed by atoms with van der Waals surface area (Å²) in [4.78, 5) is 24.5. The van der Waals surface area contributed by atoms with Crippen LogP contribution in [0.5, 0.6) is 0 Å². The van der Waals surface area contributed by atoms with E-state index in [1.165, 1.54) is 0 Å². The van der Waals surface area contributed by atoms with Gasteiger partial charge in [0.1, 0.15) is 12.6 Å². The van der Waals surface area contributed by atoms with Gasteiger partial charge in [0.2, 0.25) is 5.91 Å². The highest BCUT2D eigenvalue weighted by Gasteiger charge is 2.28. The topological polar surface area (TPSA) is 153 Å². The number of nitrogens with one attached hydrogen (secondary N) is 2. The van der Waals surface area contributed by atoms with Crippen LogP contribution in [0.25, 0.3) is 5.65 Å². The second kappa shape index (κ2) is 14.3. The second-order valence-corrected chi connectivity index (χ2v) is 9.00. The van der Waals surface area contributed by atoms with Gasteiger partial charge in [-0.1, -0.05) is 37.8 Å². The first-order valence-corrected chi connectivity index (χ1v) is 11.8. The molecule has 3 aromatic rings. The lowest BCUT2D eigenvalue weighted by Crippen LogP contribution is -2.50. The van der Waals surface area contributed by atoms with Gasteiger partial charge in [0.05, 0.1) is 18.8 Å². The average molecular weight is 515 g/mol. The number of nitrogens with zero attached hydrogens (tertiary/aromatic N) is 3. The Labute approximate surface area is 217 Å². The zero-order chi connectivity index (χ0) is 26.0. The van der Waals surface area contributed by atoms with Crippen LogP contribution in [0.1, 0.15) is 57.1 Å². The van der Waals surface area contributed by atoms with Crippen molar-refractivity contribution in [3.05, 3.63) is 65.6 Å². The van der Waals surface area contributed by atoms with Gasteiger partial charge in [-0.05, 0) is 49.9 Å². The molecule has 0 unspecified atom stereocenters. The fraction of sp³-hybridized carbons (Fsp3) is 0.462. The molecule has 11 nitrogen and oxygen atoms in total. The maximum Gasteiger partial charge on any atom is 0.407 e. The van der Waals surface area contributed by atoms with Gasteiger partial charge in [-0.15, -0.1) is 10.2 Å². The fourth-order valence-corrected chi connectivity index (χ4v) is 3.30. The van der Waals surface area contributed by atoms with E-state index in [2.05, 4.69) is 20.8 Å². The zero-order valence-corrected chi connectivity index (χ0v) is 20.6. The number of hydrogen-bond acceptors (Lipinski definition) is 8. The molecule has 2 aromatic heterocycles. The third kappa shape index (κ3) is 9.12. The lowest BCUT2D eigenvalue weighted by atomic mass is 10.1. The lowest BCUT2D eigenvalue weighted by Gasteiger charge is -2.23. The minimum absolute atomic E-state index is 0. The van der Waals surface area contributed by atoms with E-state index in [-0.39, 0.29) is 33.2 Å². The SMILES string of the molecule is C.CC(C)(N)C(=O)N[C@H](COCc1ccccc1)c1nnc2cc(COC(=O)NCCCCO)ccn12. The molecule has 0 bridgehead atoms. The Kier molecular flexibility index (Phi) is 11.4. The molecular weight excluding hydrogens is 476 g/mol. The molecule has 3 rings (SSSR count). The Morgan fingerprint density at radius 3 is 2.57 bits per heavy atom. The Balaban J connectivity index is 0.00000481. The molecule has 0 aliphatic carbocycles. The van der Waals surface area contributed by atoms with Crippen molar-refractivity contribution in [1.82, 2.24) is 25.2 Å². The summed E-state index contributed by atoms with van der Waals surface area (Å²) < 4.78 is 12.9. The first kappa shape index (κ1) is 29.7. The summed E-state index contributed by atoms with van der Waals surface area (Å²) in [6.45, 7) is 4.38. The van der Waals surface area contributed by atoms with Crippen LogP contribution in [0.4, 0.5) is 4.79 Å². The molecule has 0 radical (unpaired) electrons. The average Bonchev–Trinajstić information content (AvgIpc) is 3.28. The predicted octanol–water partition coefficient (Wildman–Crippen LogP) is 2.48. The molecule has 0 aliphatic rings. The number of hydrogen-bond donors (Lipinski definition) is 4. The number of carbonyl (C=O) groups excluding carboxylic acids is 2. The van der Waals surface area contributed by atoms with E-state index in [9.17, 15) is 9.59 Å². The third-order valence-electron chi connectivity index (χ3n) is 5.32. The van der Waals surface area contributed by atoms with Crippen LogP contribution in [0.3, 0.4) is 0 Å². The van der Waals surface area contributed by atoms with Crippen molar-refractivity contribution >= 4 is 17.6 Å².